The van der Waals surface area contributed by atoms with Crippen LogP contribution in [0, 0.1) is 0 Å². The zero-order valence-electron chi connectivity index (χ0n) is 14.2. The van der Waals surface area contributed by atoms with Crippen molar-refractivity contribution in [2.24, 2.45) is 0 Å². The lowest BCUT2D eigenvalue weighted by Gasteiger charge is -2.21. The number of amides is 2. The highest BCUT2D eigenvalue weighted by Gasteiger charge is 2.20. The number of hydrogen-bond donors (Lipinski definition) is 2. The molecule has 0 saturated carbocycles. The van der Waals surface area contributed by atoms with Crippen molar-refractivity contribution in [2.75, 3.05) is 13.2 Å². The van der Waals surface area contributed by atoms with Crippen molar-refractivity contribution in [1.29, 1.82) is 0 Å². The second-order valence-corrected chi connectivity index (χ2v) is 6.20. The standard InChI is InChI=1S/C17H26N2O4/c1-13(19-16(21)23-17(2,3)4)15(20)18-10-11-22-12-14-8-6-5-7-9-14/h5-9,13H,10-12H2,1-4H3,(H,18,20)(H,19,21)/t13-/m0/s1. The molecule has 23 heavy (non-hydrogen) atoms. The lowest BCUT2D eigenvalue weighted by atomic mass is 10.2. The summed E-state index contributed by atoms with van der Waals surface area (Å²) >= 11 is 0. The molecule has 0 fully saturated rings. The molecule has 128 valence electrons. The first-order valence-corrected chi connectivity index (χ1v) is 7.67. The predicted molar refractivity (Wildman–Crippen MR) is 87.9 cm³/mol. The van der Waals surface area contributed by atoms with E-state index >= 15 is 0 Å². The second kappa shape index (κ2) is 9.15. The topological polar surface area (TPSA) is 76.7 Å². The van der Waals surface area contributed by atoms with E-state index in [2.05, 4.69) is 10.6 Å². The van der Waals surface area contributed by atoms with Crippen molar-refractivity contribution in [3.8, 4) is 0 Å². The van der Waals surface area contributed by atoms with Crippen molar-refractivity contribution >= 4 is 12.0 Å². The van der Waals surface area contributed by atoms with Crippen LogP contribution in [0.2, 0.25) is 0 Å². The molecule has 0 spiro atoms. The maximum absolute atomic E-state index is 11.8. The Kier molecular flexibility index (Phi) is 7.54. The van der Waals surface area contributed by atoms with Gasteiger partial charge in [0.1, 0.15) is 11.6 Å². The lowest BCUT2D eigenvalue weighted by Crippen LogP contribution is -2.47. The van der Waals surface area contributed by atoms with Crippen LogP contribution >= 0.6 is 0 Å². The molecule has 2 amide bonds. The Labute approximate surface area is 137 Å². The summed E-state index contributed by atoms with van der Waals surface area (Å²) < 4.78 is 10.6. The lowest BCUT2D eigenvalue weighted by molar-refractivity contribution is -0.123. The molecular formula is C17H26N2O4. The average molecular weight is 322 g/mol. The highest BCUT2D eigenvalue weighted by molar-refractivity contribution is 5.85. The number of rotatable bonds is 7. The van der Waals surface area contributed by atoms with Gasteiger partial charge in [-0.3, -0.25) is 4.79 Å². The minimum atomic E-state index is -0.668. The summed E-state index contributed by atoms with van der Waals surface area (Å²) in [5.41, 5.74) is 0.491. The van der Waals surface area contributed by atoms with Crippen molar-refractivity contribution < 1.29 is 19.1 Å². The normalized spacial score (nSPS) is 12.3. The number of nitrogens with one attached hydrogen (secondary N) is 2. The van der Waals surface area contributed by atoms with Crippen molar-refractivity contribution in [3.63, 3.8) is 0 Å². The molecule has 0 unspecified atom stereocenters. The third-order valence-electron chi connectivity index (χ3n) is 2.78. The Morgan fingerprint density at radius 2 is 1.83 bits per heavy atom. The number of carbonyl (C=O) groups excluding carboxylic acids is 2. The molecule has 0 aliphatic heterocycles. The molecule has 0 bridgehead atoms. The van der Waals surface area contributed by atoms with Crippen molar-refractivity contribution in [1.82, 2.24) is 10.6 Å². The van der Waals surface area contributed by atoms with Gasteiger partial charge >= 0.3 is 6.09 Å². The second-order valence-electron chi connectivity index (χ2n) is 6.20. The van der Waals surface area contributed by atoms with E-state index in [1.807, 2.05) is 30.3 Å². The molecule has 2 N–H and O–H groups in total. The van der Waals surface area contributed by atoms with Gasteiger partial charge in [-0.1, -0.05) is 30.3 Å². The number of benzene rings is 1. The van der Waals surface area contributed by atoms with Crippen LogP contribution in [0.15, 0.2) is 30.3 Å². The van der Waals surface area contributed by atoms with Gasteiger partial charge in [0.15, 0.2) is 0 Å². The van der Waals surface area contributed by atoms with Gasteiger partial charge in [-0.05, 0) is 33.3 Å². The van der Waals surface area contributed by atoms with E-state index in [0.29, 0.717) is 19.8 Å². The minimum absolute atomic E-state index is 0.279. The summed E-state index contributed by atoms with van der Waals surface area (Å²) in [5.74, 6) is -0.279. The van der Waals surface area contributed by atoms with Gasteiger partial charge < -0.3 is 20.1 Å². The molecule has 0 heterocycles. The molecule has 0 saturated heterocycles. The SMILES string of the molecule is C[C@H](NC(=O)OC(C)(C)C)C(=O)NCCOCc1ccccc1. The molecule has 0 radical (unpaired) electrons. The first-order valence-electron chi connectivity index (χ1n) is 7.67. The Hall–Kier alpha value is -2.08. The Bertz CT molecular complexity index is 497. The van der Waals surface area contributed by atoms with Crippen LogP contribution < -0.4 is 10.6 Å². The van der Waals surface area contributed by atoms with Crippen LogP contribution in [0.25, 0.3) is 0 Å². The predicted octanol–water partition coefficient (Wildman–Crippen LogP) is 2.23. The maximum Gasteiger partial charge on any atom is 0.408 e. The van der Waals surface area contributed by atoms with E-state index in [1.54, 1.807) is 27.7 Å². The van der Waals surface area contributed by atoms with Gasteiger partial charge in [0.2, 0.25) is 5.91 Å². The first-order chi connectivity index (χ1) is 10.8. The summed E-state index contributed by atoms with van der Waals surface area (Å²) in [5, 5.41) is 5.19. The molecule has 0 aliphatic carbocycles. The average Bonchev–Trinajstić information content (AvgIpc) is 2.45. The van der Waals surface area contributed by atoms with Crippen LogP contribution in [-0.4, -0.2) is 36.8 Å². The molecule has 1 aromatic carbocycles. The monoisotopic (exact) mass is 322 g/mol. The Balaban J connectivity index is 2.16. The molecule has 1 atom stereocenters. The third-order valence-corrected chi connectivity index (χ3v) is 2.78. The van der Waals surface area contributed by atoms with Crippen LogP contribution in [0.4, 0.5) is 4.79 Å². The fourth-order valence-electron chi connectivity index (χ4n) is 1.71. The fraction of sp³-hybridized carbons (Fsp3) is 0.529. The summed E-state index contributed by atoms with van der Waals surface area (Å²) in [7, 11) is 0. The Morgan fingerprint density at radius 3 is 2.43 bits per heavy atom. The van der Waals surface area contributed by atoms with Gasteiger partial charge in [-0.15, -0.1) is 0 Å². The van der Waals surface area contributed by atoms with Gasteiger partial charge in [-0.25, -0.2) is 4.79 Å². The number of carbonyl (C=O) groups is 2. The first kappa shape index (κ1) is 19.0. The van der Waals surface area contributed by atoms with Crippen molar-refractivity contribution in [2.45, 2.75) is 45.9 Å². The van der Waals surface area contributed by atoms with Gasteiger partial charge in [0.25, 0.3) is 0 Å². The zero-order valence-corrected chi connectivity index (χ0v) is 14.2. The maximum atomic E-state index is 11.8. The smallest absolute Gasteiger partial charge is 0.408 e. The molecular weight excluding hydrogens is 296 g/mol. The largest absolute Gasteiger partial charge is 0.444 e. The molecule has 1 rings (SSSR count). The van der Waals surface area contributed by atoms with Crippen molar-refractivity contribution in [3.05, 3.63) is 35.9 Å². The van der Waals surface area contributed by atoms with Crippen LogP contribution in [-0.2, 0) is 20.9 Å². The molecule has 0 aliphatic rings. The molecule has 6 nitrogen and oxygen atoms in total. The summed E-state index contributed by atoms with van der Waals surface area (Å²) in [4.78, 5) is 23.4. The van der Waals surface area contributed by atoms with Crippen LogP contribution in [0.5, 0.6) is 0 Å². The number of hydrogen-bond acceptors (Lipinski definition) is 4. The van der Waals surface area contributed by atoms with Crippen LogP contribution in [0.3, 0.4) is 0 Å². The van der Waals surface area contributed by atoms with Gasteiger partial charge in [0, 0.05) is 6.54 Å². The number of alkyl carbamates (subject to hydrolysis) is 1. The van der Waals surface area contributed by atoms with Crippen LogP contribution in [0.1, 0.15) is 33.3 Å². The zero-order chi connectivity index (χ0) is 17.3. The fourth-order valence-corrected chi connectivity index (χ4v) is 1.71. The highest BCUT2D eigenvalue weighted by Crippen LogP contribution is 2.06. The molecule has 0 aromatic heterocycles. The van der Waals surface area contributed by atoms with E-state index in [9.17, 15) is 9.59 Å². The molecule has 6 heteroatoms. The third kappa shape index (κ3) is 8.83. The summed E-state index contributed by atoms with van der Waals surface area (Å²) in [6.07, 6.45) is -0.611. The quantitative estimate of drug-likeness (QED) is 0.755. The van der Waals surface area contributed by atoms with Gasteiger partial charge in [-0.2, -0.15) is 0 Å². The highest BCUT2D eigenvalue weighted by atomic mass is 16.6. The summed E-state index contributed by atoms with van der Waals surface area (Å²) in [6, 6.07) is 9.13. The van der Waals surface area contributed by atoms with E-state index < -0.39 is 17.7 Å². The van der Waals surface area contributed by atoms with E-state index in [0.717, 1.165) is 5.56 Å². The number of ether oxygens (including phenoxy) is 2. The van der Waals surface area contributed by atoms with E-state index in [1.165, 1.54) is 0 Å². The summed E-state index contributed by atoms with van der Waals surface area (Å²) in [6.45, 7) is 8.18. The molecule has 1 aromatic rings. The minimum Gasteiger partial charge on any atom is -0.444 e. The van der Waals surface area contributed by atoms with Gasteiger partial charge in [0.05, 0.1) is 13.2 Å². The van der Waals surface area contributed by atoms with E-state index in [-0.39, 0.29) is 5.91 Å². The Morgan fingerprint density at radius 1 is 1.17 bits per heavy atom. The van der Waals surface area contributed by atoms with E-state index in [4.69, 9.17) is 9.47 Å².